The normalized spacial score (nSPS) is 21.8. The first-order valence-corrected chi connectivity index (χ1v) is 6.28. The van der Waals surface area contributed by atoms with Crippen LogP contribution in [0.5, 0.6) is 0 Å². The van der Waals surface area contributed by atoms with Gasteiger partial charge in [-0.3, -0.25) is 0 Å². The van der Waals surface area contributed by atoms with Gasteiger partial charge in [-0.25, -0.2) is 0 Å². The van der Waals surface area contributed by atoms with Crippen LogP contribution in [0.25, 0.3) is 0 Å². The molecule has 2 aliphatic rings. The Bertz CT molecular complexity index is 398. The summed E-state index contributed by atoms with van der Waals surface area (Å²) in [4.78, 5) is 2.31. The van der Waals surface area contributed by atoms with Crippen LogP contribution in [0.4, 0.5) is 5.69 Å². The molecule has 1 unspecified atom stereocenters. The Hall–Kier alpha value is -1.02. The molecule has 1 heterocycles. The van der Waals surface area contributed by atoms with E-state index in [0.717, 1.165) is 18.5 Å². The fourth-order valence-electron chi connectivity index (χ4n) is 2.67. The van der Waals surface area contributed by atoms with Crippen molar-refractivity contribution in [3.05, 3.63) is 29.3 Å². The van der Waals surface area contributed by atoms with Crippen LogP contribution in [-0.2, 0) is 6.42 Å². The van der Waals surface area contributed by atoms with Gasteiger partial charge in [0.25, 0.3) is 0 Å². The molecule has 1 aliphatic heterocycles. The lowest BCUT2D eigenvalue weighted by atomic mass is 9.96. The number of aryl methyl sites for hydroxylation is 1. The Balaban J connectivity index is 1.91. The number of aliphatic hydroxyl groups excluding tert-OH is 1. The van der Waals surface area contributed by atoms with Gasteiger partial charge in [-0.05, 0) is 48.8 Å². The second-order valence-electron chi connectivity index (χ2n) is 5.20. The number of hydrogen-bond acceptors (Lipinski definition) is 2. The number of anilines is 1. The number of rotatable bonds is 2. The lowest BCUT2D eigenvalue weighted by molar-refractivity contribution is 0.154. The third kappa shape index (κ3) is 1.71. The highest BCUT2D eigenvalue weighted by molar-refractivity contribution is 5.56. The lowest BCUT2D eigenvalue weighted by Crippen LogP contribution is -2.24. The van der Waals surface area contributed by atoms with Crippen molar-refractivity contribution in [3.8, 4) is 0 Å². The summed E-state index contributed by atoms with van der Waals surface area (Å²) in [7, 11) is 2.15. The van der Waals surface area contributed by atoms with Crippen LogP contribution in [-0.4, -0.2) is 18.7 Å². The molecule has 0 radical (unpaired) electrons. The SMILES string of the molecule is CN1CCCc2cc(C(O)C3CC3)ccc21. The van der Waals surface area contributed by atoms with Gasteiger partial charge in [0.1, 0.15) is 0 Å². The third-order valence-electron chi connectivity index (χ3n) is 3.86. The minimum absolute atomic E-state index is 0.225. The molecule has 0 aromatic heterocycles. The molecule has 1 atom stereocenters. The monoisotopic (exact) mass is 217 g/mol. The van der Waals surface area contributed by atoms with Gasteiger partial charge < -0.3 is 10.0 Å². The zero-order valence-corrected chi connectivity index (χ0v) is 9.82. The molecule has 1 aromatic rings. The topological polar surface area (TPSA) is 23.5 Å². The van der Waals surface area contributed by atoms with Gasteiger partial charge >= 0.3 is 0 Å². The van der Waals surface area contributed by atoms with E-state index in [1.54, 1.807) is 0 Å². The molecule has 0 saturated heterocycles. The van der Waals surface area contributed by atoms with Crippen molar-refractivity contribution >= 4 is 5.69 Å². The molecule has 0 spiro atoms. The Morgan fingerprint density at radius 3 is 2.94 bits per heavy atom. The molecule has 86 valence electrons. The minimum Gasteiger partial charge on any atom is -0.388 e. The van der Waals surface area contributed by atoms with Gasteiger partial charge in [-0.1, -0.05) is 12.1 Å². The molecule has 0 bridgehead atoms. The summed E-state index contributed by atoms with van der Waals surface area (Å²) >= 11 is 0. The average molecular weight is 217 g/mol. The van der Waals surface area contributed by atoms with Crippen molar-refractivity contribution < 1.29 is 5.11 Å². The van der Waals surface area contributed by atoms with Gasteiger partial charge in [0, 0.05) is 19.3 Å². The summed E-state index contributed by atoms with van der Waals surface area (Å²) in [6.07, 6.45) is 4.55. The molecule has 2 heteroatoms. The van der Waals surface area contributed by atoms with E-state index in [1.807, 2.05) is 0 Å². The van der Waals surface area contributed by atoms with Gasteiger partial charge in [-0.15, -0.1) is 0 Å². The van der Waals surface area contributed by atoms with Gasteiger partial charge in [0.2, 0.25) is 0 Å². The van der Waals surface area contributed by atoms with Gasteiger partial charge in [-0.2, -0.15) is 0 Å². The van der Waals surface area contributed by atoms with Crippen LogP contribution in [0.15, 0.2) is 18.2 Å². The number of hydrogen-bond donors (Lipinski definition) is 1. The van der Waals surface area contributed by atoms with E-state index in [1.165, 1.54) is 30.5 Å². The summed E-state index contributed by atoms with van der Waals surface area (Å²) in [6, 6.07) is 6.49. The lowest BCUT2D eigenvalue weighted by Gasteiger charge is -2.28. The van der Waals surface area contributed by atoms with E-state index in [4.69, 9.17) is 0 Å². The first kappa shape index (κ1) is 10.2. The summed E-state index contributed by atoms with van der Waals surface area (Å²) in [6.45, 7) is 1.15. The maximum atomic E-state index is 10.1. The maximum absolute atomic E-state index is 10.1. The van der Waals surface area contributed by atoms with Crippen molar-refractivity contribution in [1.82, 2.24) is 0 Å². The Kier molecular flexibility index (Phi) is 2.40. The molecule has 2 nitrogen and oxygen atoms in total. The van der Waals surface area contributed by atoms with Gasteiger partial charge in [0.05, 0.1) is 6.10 Å². The molecule has 3 rings (SSSR count). The van der Waals surface area contributed by atoms with E-state index in [-0.39, 0.29) is 6.10 Å². The number of nitrogens with zero attached hydrogens (tertiary/aromatic N) is 1. The number of aliphatic hydroxyl groups is 1. The van der Waals surface area contributed by atoms with Gasteiger partial charge in [0.15, 0.2) is 0 Å². The smallest absolute Gasteiger partial charge is 0.0818 e. The van der Waals surface area contributed by atoms with E-state index in [9.17, 15) is 5.11 Å². The molecular formula is C14H19NO. The minimum atomic E-state index is -0.225. The second-order valence-corrected chi connectivity index (χ2v) is 5.20. The predicted molar refractivity (Wildman–Crippen MR) is 65.7 cm³/mol. The molecule has 1 fully saturated rings. The summed E-state index contributed by atoms with van der Waals surface area (Å²) < 4.78 is 0. The van der Waals surface area contributed by atoms with E-state index >= 15 is 0 Å². The third-order valence-corrected chi connectivity index (χ3v) is 3.86. The molecule has 1 N–H and O–H groups in total. The largest absolute Gasteiger partial charge is 0.388 e. The van der Waals surface area contributed by atoms with Crippen LogP contribution in [0, 0.1) is 5.92 Å². The van der Waals surface area contributed by atoms with Crippen LogP contribution < -0.4 is 4.90 Å². The molecule has 0 amide bonds. The van der Waals surface area contributed by atoms with Crippen molar-refractivity contribution in [2.45, 2.75) is 31.8 Å². The quantitative estimate of drug-likeness (QED) is 0.822. The van der Waals surface area contributed by atoms with E-state index in [0.29, 0.717) is 5.92 Å². The zero-order valence-electron chi connectivity index (χ0n) is 9.82. The predicted octanol–water partition coefficient (Wildman–Crippen LogP) is 2.51. The molecule has 1 aliphatic carbocycles. The van der Waals surface area contributed by atoms with Crippen LogP contribution in [0.1, 0.15) is 36.5 Å². The fourth-order valence-corrected chi connectivity index (χ4v) is 2.67. The first-order chi connectivity index (χ1) is 7.75. The number of fused-ring (bicyclic) bond motifs is 1. The summed E-state index contributed by atoms with van der Waals surface area (Å²) in [5, 5.41) is 10.1. The van der Waals surface area contributed by atoms with Crippen LogP contribution in [0.3, 0.4) is 0 Å². The van der Waals surface area contributed by atoms with Crippen molar-refractivity contribution in [3.63, 3.8) is 0 Å². The fraction of sp³-hybridized carbons (Fsp3) is 0.571. The first-order valence-electron chi connectivity index (χ1n) is 6.28. The number of benzene rings is 1. The summed E-state index contributed by atoms with van der Waals surface area (Å²) in [5.74, 6) is 0.527. The Morgan fingerprint density at radius 1 is 1.38 bits per heavy atom. The zero-order chi connectivity index (χ0) is 11.1. The highest BCUT2D eigenvalue weighted by atomic mass is 16.3. The molecule has 1 saturated carbocycles. The Morgan fingerprint density at radius 2 is 2.19 bits per heavy atom. The average Bonchev–Trinajstić information content (AvgIpc) is 3.12. The van der Waals surface area contributed by atoms with E-state index in [2.05, 4.69) is 30.1 Å². The van der Waals surface area contributed by atoms with Crippen LogP contribution >= 0.6 is 0 Å². The summed E-state index contributed by atoms with van der Waals surface area (Å²) in [5.41, 5.74) is 3.88. The maximum Gasteiger partial charge on any atom is 0.0818 e. The standard InChI is InChI=1S/C14H19NO/c1-15-8-2-3-11-9-12(6-7-13(11)15)14(16)10-4-5-10/h6-7,9-10,14,16H,2-5,8H2,1H3. The van der Waals surface area contributed by atoms with Crippen molar-refractivity contribution in [2.24, 2.45) is 5.92 Å². The Labute approximate surface area is 96.9 Å². The van der Waals surface area contributed by atoms with Crippen LogP contribution in [0.2, 0.25) is 0 Å². The van der Waals surface area contributed by atoms with E-state index < -0.39 is 0 Å². The highest BCUT2D eigenvalue weighted by Crippen LogP contribution is 2.42. The molecule has 1 aromatic carbocycles. The molecular weight excluding hydrogens is 198 g/mol. The molecule has 16 heavy (non-hydrogen) atoms. The van der Waals surface area contributed by atoms with Crippen molar-refractivity contribution in [1.29, 1.82) is 0 Å². The second kappa shape index (κ2) is 3.77. The highest BCUT2D eigenvalue weighted by Gasteiger charge is 2.31. The van der Waals surface area contributed by atoms with Crippen molar-refractivity contribution in [2.75, 3.05) is 18.5 Å².